The van der Waals surface area contributed by atoms with Gasteiger partial charge in [0.05, 0.1) is 25.2 Å². The molecule has 0 unspecified atom stereocenters. The van der Waals surface area contributed by atoms with Crippen molar-refractivity contribution in [1.29, 1.82) is 0 Å². The van der Waals surface area contributed by atoms with Gasteiger partial charge in [0.15, 0.2) is 0 Å². The van der Waals surface area contributed by atoms with Crippen molar-refractivity contribution in [3.63, 3.8) is 0 Å². The second-order valence-corrected chi connectivity index (χ2v) is 16.7. The minimum Gasteiger partial charge on any atom is -0.466 e. The van der Waals surface area contributed by atoms with Gasteiger partial charge in [0.1, 0.15) is 0 Å². The first-order chi connectivity index (χ1) is 24.2. The molecule has 296 valence electrons. The van der Waals surface area contributed by atoms with Crippen molar-refractivity contribution >= 4 is 11.9 Å². The minimum atomic E-state index is -0.408. The number of carbonyl (C=O) groups is 2. The van der Waals surface area contributed by atoms with Crippen molar-refractivity contribution in [2.45, 2.75) is 214 Å². The third kappa shape index (κ3) is 24.9. The van der Waals surface area contributed by atoms with Gasteiger partial charge in [-0.15, -0.1) is 0 Å². The zero-order valence-corrected chi connectivity index (χ0v) is 34.1. The second kappa shape index (κ2) is 30.3. The molecule has 0 radical (unpaired) electrons. The van der Waals surface area contributed by atoms with Crippen LogP contribution in [0.2, 0.25) is 0 Å². The van der Waals surface area contributed by atoms with Gasteiger partial charge >= 0.3 is 11.9 Å². The fourth-order valence-corrected chi connectivity index (χ4v) is 7.47. The molecule has 0 atom stereocenters. The Morgan fingerprint density at radius 2 is 1.18 bits per heavy atom. The van der Waals surface area contributed by atoms with Crippen LogP contribution in [0.25, 0.3) is 0 Å². The number of nitrogens with zero attached hydrogens (tertiary/aromatic N) is 1. The van der Waals surface area contributed by atoms with Crippen LogP contribution >= 0.6 is 0 Å². The maximum atomic E-state index is 12.6. The molecule has 1 saturated carbocycles. The lowest BCUT2D eigenvalue weighted by molar-refractivity contribution is -0.154. The Balaban J connectivity index is 2.12. The summed E-state index contributed by atoms with van der Waals surface area (Å²) >= 11 is 0. The number of aliphatic hydroxyl groups is 1. The zero-order valence-electron chi connectivity index (χ0n) is 34.1. The lowest BCUT2D eigenvalue weighted by Crippen LogP contribution is -2.29. The first kappa shape index (κ1) is 46.9. The van der Waals surface area contributed by atoms with E-state index in [0.717, 1.165) is 89.8 Å². The molecule has 6 nitrogen and oxygen atoms in total. The average Bonchev–Trinajstić information content (AvgIpc) is 3.88. The van der Waals surface area contributed by atoms with Crippen LogP contribution in [-0.2, 0) is 19.1 Å². The van der Waals surface area contributed by atoms with E-state index in [1.165, 1.54) is 109 Å². The van der Waals surface area contributed by atoms with Gasteiger partial charge < -0.3 is 19.5 Å². The van der Waals surface area contributed by atoms with E-state index in [1.807, 2.05) is 13.8 Å². The topological polar surface area (TPSA) is 76.1 Å². The molecule has 0 aliphatic heterocycles. The monoisotopic (exact) mass is 708 g/mol. The number of hydrogen-bond acceptors (Lipinski definition) is 6. The zero-order chi connectivity index (χ0) is 36.8. The molecule has 1 N–H and O–H groups in total. The highest BCUT2D eigenvalue weighted by atomic mass is 16.5. The molecule has 0 spiro atoms. The number of aliphatic hydroxyl groups excluding tert-OH is 1. The van der Waals surface area contributed by atoms with Gasteiger partial charge in [-0.1, -0.05) is 130 Å². The molecule has 1 aliphatic rings. The Hall–Kier alpha value is -1.14. The van der Waals surface area contributed by atoms with Gasteiger partial charge in [0, 0.05) is 13.0 Å². The first-order valence-electron chi connectivity index (χ1n) is 21.9. The van der Waals surface area contributed by atoms with E-state index >= 15 is 0 Å². The molecule has 6 heteroatoms. The Kier molecular flexibility index (Phi) is 28.4. The van der Waals surface area contributed by atoms with Crippen LogP contribution in [0.4, 0.5) is 0 Å². The second-order valence-electron chi connectivity index (χ2n) is 16.7. The fourth-order valence-electron chi connectivity index (χ4n) is 7.47. The summed E-state index contributed by atoms with van der Waals surface area (Å²) in [5.41, 5.74) is -0.0326. The van der Waals surface area contributed by atoms with E-state index in [1.54, 1.807) is 0 Å². The average molecular weight is 708 g/mol. The highest BCUT2D eigenvalue weighted by Gasteiger charge is 2.41. The quantitative estimate of drug-likeness (QED) is 0.0512. The molecule has 0 aromatic carbocycles. The van der Waals surface area contributed by atoms with Crippen LogP contribution in [0, 0.1) is 16.7 Å². The summed E-state index contributed by atoms with van der Waals surface area (Å²) in [6.45, 7) is 15.0. The summed E-state index contributed by atoms with van der Waals surface area (Å²) in [6.07, 6.45) is 33.0. The number of hydrogen-bond donors (Lipinski definition) is 1. The Morgan fingerprint density at radius 1 is 0.640 bits per heavy atom. The molecule has 50 heavy (non-hydrogen) atoms. The van der Waals surface area contributed by atoms with Crippen LogP contribution in [0.3, 0.4) is 0 Å². The Labute approximate surface area is 311 Å². The van der Waals surface area contributed by atoms with Crippen LogP contribution in [0.5, 0.6) is 0 Å². The molecule has 0 aromatic rings. The molecular formula is C44H85NO5. The highest BCUT2D eigenvalue weighted by Crippen LogP contribution is 2.53. The Bertz CT molecular complexity index is 802. The van der Waals surface area contributed by atoms with Gasteiger partial charge in [-0.05, 0) is 102 Å². The number of carbonyl (C=O) groups excluding carboxylic acids is 2. The van der Waals surface area contributed by atoms with E-state index < -0.39 is 5.41 Å². The van der Waals surface area contributed by atoms with Crippen molar-refractivity contribution in [3.05, 3.63) is 0 Å². The summed E-state index contributed by atoms with van der Waals surface area (Å²) in [5.74, 6) is 0.814. The standard InChI is InChI=1S/C44H85NO5/c1-6-9-12-13-14-17-23-39-50-42(48)43(4,5)29-19-15-16-21-34-45(36-37-46)35-22-20-30-44(32-33-44)31-28-41(47)49-38-24-18-27-40(25-10-7-2)26-11-8-3/h40,46H,6-39H2,1-5H3. The number of rotatable bonds is 37. The molecule has 0 amide bonds. The summed E-state index contributed by atoms with van der Waals surface area (Å²) in [4.78, 5) is 27.5. The maximum Gasteiger partial charge on any atom is 0.311 e. The molecule has 1 rings (SSSR count). The molecule has 1 aliphatic carbocycles. The molecule has 0 aromatic heterocycles. The van der Waals surface area contributed by atoms with Crippen molar-refractivity contribution in [3.8, 4) is 0 Å². The van der Waals surface area contributed by atoms with Gasteiger partial charge in [-0.3, -0.25) is 9.59 Å². The van der Waals surface area contributed by atoms with Crippen LogP contribution < -0.4 is 0 Å². The smallest absolute Gasteiger partial charge is 0.311 e. The van der Waals surface area contributed by atoms with E-state index in [4.69, 9.17) is 9.47 Å². The van der Waals surface area contributed by atoms with Crippen molar-refractivity contribution in [2.24, 2.45) is 16.7 Å². The van der Waals surface area contributed by atoms with Crippen molar-refractivity contribution < 1.29 is 24.2 Å². The third-order valence-electron chi connectivity index (χ3n) is 11.4. The third-order valence-corrected chi connectivity index (χ3v) is 11.4. The normalized spacial score (nSPS) is 14.1. The SMILES string of the molecule is CCCCCCCCCOC(=O)C(C)(C)CCCCCCN(CCO)CCCCC1(CCC(=O)OCCCCC(CCCC)CCCC)CC1. The van der Waals surface area contributed by atoms with Crippen LogP contribution in [-0.4, -0.2) is 61.4 Å². The van der Waals surface area contributed by atoms with E-state index in [-0.39, 0.29) is 18.5 Å². The molecule has 0 heterocycles. The predicted octanol–water partition coefficient (Wildman–Crippen LogP) is 12.0. The van der Waals surface area contributed by atoms with Crippen molar-refractivity contribution in [2.75, 3.05) is 39.5 Å². The van der Waals surface area contributed by atoms with E-state index in [9.17, 15) is 14.7 Å². The van der Waals surface area contributed by atoms with Gasteiger partial charge in [-0.2, -0.15) is 0 Å². The highest BCUT2D eigenvalue weighted by molar-refractivity contribution is 5.75. The molecule has 0 saturated heterocycles. The minimum absolute atomic E-state index is 0.00112. The maximum absolute atomic E-state index is 12.6. The summed E-state index contributed by atoms with van der Waals surface area (Å²) in [6, 6.07) is 0. The molecule has 0 bridgehead atoms. The number of unbranched alkanes of at least 4 members (excludes halogenated alkanes) is 13. The van der Waals surface area contributed by atoms with Crippen molar-refractivity contribution in [1.82, 2.24) is 4.90 Å². The largest absolute Gasteiger partial charge is 0.466 e. The molecular weight excluding hydrogens is 622 g/mol. The first-order valence-corrected chi connectivity index (χ1v) is 21.9. The van der Waals surface area contributed by atoms with E-state index in [2.05, 4.69) is 25.7 Å². The predicted molar refractivity (Wildman–Crippen MR) is 211 cm³/mol. The van der Waals surface area contributed by atoms with Gasteiger partial charge in [0.25, 0.3) is 0 Å². The van der Waals surface area contributed by atoms with Crippen LogP contribution in [0.1, 0.15) is 214 Å². The number of ether oxygens (including phenoxy) is 2. The summed E-state index contributed by atoms with van der Waals surface area (Å²) in [7, 11) is 0. The van der Waals surface area contributed by atoms with Gasteiger partial charge in [-0.25, -0.2) is 0 Å². The van der Waals surface area contributed by atoms with E-state index in [0.29, 0.717) is 25.0 Å². The fraction of sp³-hybridized carbons (Fsp3) is 0.955. The summed E-state index contributed by atoms with van der Waals surface area (Å²) in [5, 5.41) is 9.62. The lowest BCUT2D eigenvalue weighted by Gasteiger charge is -2.23. The summed E-state index contributed by atoms with van der Waals surface area (Å²) < 4.78 is 11.2. The lowest BCUT2D eigenvalue weighted by atomic mass is 9.87. The van der Waals surface area contributed by atoms with Gasteiger partial charge in [0.2, 0.25) is 0 Å². The molecule has 1 fully saturated rings. The number of esters is 2. The Morgan fingerprint density at radius 3 is 1.82 bits per heavy atom. The van der Waals surface area contributed by atoms with Crippen LogP contribution in [0.15, 0.2) is 0 Å².